The highest BCUT2D eigenvalue weighted by Crippen LogP contribution is 2.29. The zero-order chi connectivity index (χ0) is 14.5. The Labute approximate surface area is 118 Å². The minimum atomic E-state index is -0.894. The Bertz CT molecular complexity index is 436. The number of nitrogens with zero attached hydrogens (tertiary/aromatic N) is 2. The number of anilines is 2. The molecule has 5 nitrogen and oxygen atoms in total. The van der Waals surface area contributed by atoms with Gasteiger partial charge in [0.15, 0.2) is 0 Å². The molecule has 1 atom stereocenters. The van der Waals surface area contributed by atoms with Gasteiger partial charge in [0.25, 0.3) is 0 Å². The first kappa shape index (κ1) is 15.0. The molecule has 1 aromatic rings. The van der Waals surface area contributed by atoms with Crippen molar-refractivity contribution in [3.05, 3.63) is 24.0 Å². The first-order chi connectivity index (χ1) is 9.61. The van der Waals surface area contributed by atoms with Crippen LogP contribution in [0.3, 0.4) is 0 Å². The fourth-order valence-corrected chi connectivity index (χ4v) is 2.28. The summed E-state index contributed by atoms with van der Waals surface area (Å²) in [6, 6.07) is 4.96. The maximum absolute atomic E-state index is 14.0. The summed E-state index contributed by atoms with van der Waals surface area (Å²) in [6.45, 7) is 3.35. The average Bonchev–Trinajstić information content (AvgIpc) is 2.46. The Morgan fingerprint density at radius 1 is 1.30 bits per heavy atom. The topological polar surface area (TPSA) is 59.0 Å². The van der Waals surface area contributed by atoms with Crippen LogP contribution in [0.1, 0.15) is 0 Å². The standard InChI is InChI=1S/C14H22FN3O2/c1-17-5-7-18(8-6-17)13-4-2-3-12(15)14(13)16-9-11(20)10-19/h2-4,11,16,19-20H,5-10H2,1H3. The summed E-state index contributed by atoms with van der Waals surface area (Å²) in [5.74, 6) is -0.341. The largest absolute Gasteiger partial charge is 0.394 e. The van der Waals surface area contributed by atoms with Crippen LogP contribution in [0.5, 0.6) is 0 Å². The van der Waals surface area contributed by atoms with Gasteiger partial charge < -0.3 is 25.3 Å². The molecule has 1 aromatic carbocycles. The van der Waals surface area contributed by atoms with Crippen molar-refractivity contribution in [1.82, 2.24) is 4.90 Å². The molecule has 1 saturated heterocycles. The van der Waals surface area contributed by atoms with Crippen LogP contribution in [0.2, 0.25) is 0 Å². The third kappa shape index (κ3) is 3.59. The quantitative estimate of drug-likeness (QED) is 0.728. The third-order valence-electron chi connectivity index (χ3n) is 3.56. The highest BCUT2D eigenvalue weighted by Gasteiger charge is 2.19. The van der Waals surface area contributed by atoms with Gasteiger partial charge in [-0.1, -0.05) is 6.07 Å². The maximum atomic E-state index is 14.0. The molecule has 0 radical (unpaired) electrons. The smallest absolute Gasteiger partial charge is 0.148 e. The number of aliphatic hydroxyl groups excluding tert-OH is 2. The van der Waals surface area contributed by atoms with Gasteiger partial charge in [-0.2, -0.15) is 0 Å². The van der Waals surface area contributed by atoms with Crippen molar-refractivity contribution in [2.24, 2.45) is 0 Å². The molecule has 1 unspecified atom stereocenters. The van der Waals surface area contributed by atoms with Gasteiger partial charge in [0.2, 0.25) is 0 Å². The predicted octanol–water partition coefficient (Wildman–Crippen LogP) is 0.343. The number of piperazine rings is 1. The number of likely N-dealkylation sites (N-methyl/N-ethyl adjacent to an activating group) is 1. The number of nitrogens with one attached hydrogen (secondary N) is 1. The van der Waals surface area contributed by atoms with Gasteiger partial charge in [0.1, 0.15) is 5.82 Å². The van der Waals surface area contributed by atoms with Crippen LogP contribution < -0.4 is 10.2 Å². The van der Waals surface area contributed by atoms with Crippen molar-refractivity contribution in [3.8, 4) is 0 Å². The van der Waals surface area contributed by atoms with E-state index in [1.54, 1.807) is 6.07 Å². The highest BCUT2D eigenvalue weighted by molar-refractivity contribution is 5.71. The molecule has 1 fully saturated rings. The molecular weight excluding hydrogens is 261 g/mol. The molecule has 1 aliphatic heterocycles. The number of rotatable bonds is 5. The van der Waals surface area contributed by atoms with Crippen LogP contribution in [0, 0.1) is 5.82 Å². The van der Waals surface area contributed by atoms with E-state index in [-0.39, 0.29) is 19.0 Å². The summed E-state index contributed by atoms with van der Waals surface area (Å²) in [6.07, 6.45) is -0.894. The zero-order valence-electron chi connectivity index (χ0n) is 11.7. The van der Waals surface area contributed by atoms with E-state index in [1.165, 1.54) is 6.07 Å². The molecule has 0 saturated carbocycles. The molecule has 0 aliphatic carbocycles. The number of para-hydroxylation sites is 1. The van der Waals surface area contributed by atoms with Crippen LogP contribution in [0.4, 0.5) is 15.8 Å². The molecule has 20 heavy (non-hydrogen) atoms. The van der Waals surface area contributed by atoms with Crippen molar-refractivity contribution in [2.75, 3.05) is 56.6 Å². The van der Waals surface area contributed by atoms with Gasteiger partial charge in [0, 0.05) is 32.7 Å². The van der Waals surface area contributed by atoms with Gasteiger partial charge in [-0.25, -0.2) is 4.39 Å². The van der Waals surface area contributed by atoms with Crippen molar-refractivity contribution in [3.63, 3.8) is 0 Å². The van der Waals surface area contributed by atoms with E-state index in [0.717, 1.165) is 31.9 Å². The predicted molar refractivity (Wildman–Crippen MR) is 77.7 cm³/mol. The fraction of sp³-hybridized carbons (Fsp3) is 0.571. The van der Waals surface area contributed by atoms with Gasteiger partial charge in [-0.05, 0) is 19.2 Å². The first-order valence-corrected chi connectivity index (χ1v) is 6.86. The Hall–Kier alpha value is -1.37. The Morgan fingerprint density at radius 3 is 2.65 bits per heavy atom. The molecule has 112 valence electrons. The second kappa shape index (κ2) is 6.88. The average molecular weight is 283 g/mol. The van der Waals surface area contributed by atoms with E-state index < -0.39 is 6.10 Å². The van der Waals surface area contributed by atoms with Crippen molar-refractivity contribution in [1.29, 1.82) is 0 Å². The van der Waals surface area contributed by atoms with Crippen molar-refractivity contribution < 1.29 is 14.6 Å². The minimum absolute atomic E-state index is 0.123. The summed E-state index contributed by atoms with van der Waals surface area (Å²) in [7, 11) is 2.07. The van der Waals surface area contributed by atoms with E-state index >= 15 is 0 Å². The monoisotopic (exact) mass is 283 g/mol. The molecule has 1 heterocycles. The maximum Gasteiger partial charge on any atom is 0.148 e. The van der Waals surface area contributed by atoms with E-state index in [1.807, 2.05) is 6.07 Å². The molecule has 6 heteroatoms. The number of halogens is 1. The zero-order valence-corrected chi connectivity index (χ0v) is 11.7. The van der Waals surface area contributed by atoms with E-state index in [4.69, 9.17) is 5.11 Å². The Morgan fingerprint density at radius 2 is 2.00 bits per heavy atom. The molecule has 1 aliphatic rings. The molecule has 0 spiro atoms. The number of hydrogen-bond donors (Lipinski definition) is 3. The number of benzene rings is 1. The second-order valence-corrected chi connectivity index (χ2v) is 5.14. The minimum Gasteiger partial charge on any atom is -0.394 e. The summed E-state index contributed by atoms with van der Waals surface area (Å²) >= 11 is 0. The Balaban J connectivity index is 2.13. The van der Waals surface area contributed by atoms with Crippen molar-refractivity contribution >= 4 is 11.4 Å². The lowest BCUT2D eigenvalue weighted by atomic mass is 10.2. The normalized spacial score (nSPS) is 18.1. The summed E-state index contributed by atoms with van der Waals surface area (Å²) < 4.78 is 14.0. The van der Waals surface area contributed by atoms with Crippen LogP contribution in [0.25, 0.3) is 0 Å². The number of aliphatic hydroxyl groups is 2. The summed E-state index contributed by atoms with van der Waals surface area (Å²) in [5.41, 5.74) is 1.20. The van der Waals surface area contributed by atoms with Crippen molar-refractivity contribution in [2.45, 2.75) is 6.10 Å². The molecular formula is C14H22FN3O2. The highest BCUT2D eigenvalue weighted by atomic mass is 19.1. The number of hydrogen-bond acceptors (Lipinski definition) is 5. The molecule has 2 rings (SSSR count). The molecule has 0 bridgehead atoms. The van der Waals surface area contributed by atoms with Crippen LogP contribution in [-0.2, 0) is 0 Å². The van der Waals surface area contributed by atoms with Gasteiger partial charge in [-0.15, -0.1) is 0 Å². The van der Waals surface area contributed by atoms with Gasteiger partial charge in [0.05, 0.1) is 24.1 Å². The van der Waals surface area contributed by atoms with Gasteiger partial charge >= 0.3 is 0 Å². The molecule has 3 N–H and O–H groups in total. The third-order valence-corrected chi connectivity index (χ3v) is 3.56. The van der Waals surface area contributed by atoms with Gasteiger partial charge in [-0.3, -0.25) is 0 Å². The lowest BCUT2D eigenvalue weighted by Crippen LogP contribution is -2.44. The van der Waals surface area contributed by atoms with Crippen LogP contribution >= 0.6 is 0 Å². The van der Waals surface area contributed by atoms with Crippen LogP contribution in [0.15, 0.2) is 18.2 Å². The molecule has 0 amide bonds. The van der Waals surface area contributed by atoms with E-state index in [2.05, 4.69) is 22.2 Å². The molecule has 0 aromatic heterocycles. The SMILES string of the molecule is CN1CCN(c2cccc(F)c2NCC(O)CO)CC1. The van der Waals surface area contributed by atoms with E-state index in [9.17, 15) is 9.50 Å². The fourth-order valence-electron chi connectivity index (χ4n) is 2.28. The second-order valence-electron chi connectivity index (χ2n) is 5.14. The Kier molecular flexibility index (Phi) is 5.17. The van der Waals surface area contributed by atoms with E-state index in [0.29, 0.717) is 5.69 Å². The summed E-state index contributed by atoms with van der Waals surface area (Å²) in [4.78, 5) is 4.37. The lowest BCUT2D eigenvalue weighted by Gasteiger charge is -2.35. The van der Waals surface area contributed by atoms with Crippen LogP contribution in [-0.4, -0.2) is 67.6 Å². The summed E-state index contributed by atoms with van der Waals surface area (Å²) in [5, 5.41) is 21.1. The first-order valence-electron chi connectivity index (χ1n) is 6.86. The lowest BCUT2D eigenvalue weighted by molar-refractivity contribution is 0.105.